The van der Waals surface area contributed by atoms with Gasteiger partial charge in [-0.25, -0.2) is 0 Å². The zero-order valence-electron chi connectivity index (χ0n) is 8.95. The summed E-state index contributed by atoms with van der Waals surface area (Å²) in [5, 5.41) is 0. The van der Waals surface area contributed by atoms with Crippen LogP contribution in [0.15, 0.2) is 24.3 Å². The van der Waals surface area contributed by atoms with Gasteiger partial charge < -0.3 is 9.69 Å². The molecule has 0 radical (unpaired) electrons. The minimum atomic E-state index is 0.488. The maximum Gasteiger partial charge on any atom is 0.124 e. The van der Waals surface area contributed by atoms with Gasteiger partial charge in [0.15, 0.2) is 0 Å². The number of aldehydes is 1. The van der Waals surface area contributed by atoms with Crippen molar-refractivity contribution in [2.45, 2.75) is 13.3 Å². The summed E-state index contributed by atoms with van der Waals surface area (Å²) in [6.45, 7) is 3.90. The molecule has 0 saturated heterocycles. The SMILES string of the molecule is CCN(CCCl)c1ccc(CC=O)cc1. The van der Waals surface area contributed by atoms with Crippen molar-refractivity contribution in [2.24, 2.45) is 0 Å². The molecule has 1 aromatic carbocycles. The highest BCUT2D eigenvalue weighted by Gasteiger charge is 2.02. The maximum atomic E-state index is 10.3. The highest BCUT2D eigenvalue weighted by molar-refractivity contribution is 6.18. The lowest BCUT2D eigenvalue weighted by atomic mass is 10.1. The summed E-state index contributed by atoms with van der Waals surface area (Å²) in [6, 6.07) is 8.05. The molecule has 0 saturated carbocycles. The molecule has 3 heteroatoms. The molecule has 0 fully saturated rings. The Hall–Kier alpha value is -1.02. The van der Waals surface area contributed by atoms with Gasteiger partial charge in [0.05, 0.1) is 0 Å². The number of anilines is 1. The number of rotatable bonds is 6. The summed E-state index contributed by atoms with van der Waals surface area (Å²) in [4.78, 5) is 12.5. The van der Waals surface area contributed by atoms with Crippen molar-refractivity contribution in [2.75, 3.05) is 23.9 Å². The van der Waals surface area contributed by atoms with Crippen molar-refractivity contribution in [3.05, 3.63) is 29.8 Å². The molecule has 0 amide bonds. The predicted octanol–water partition coefficient (Wildman–Crippen LogP) is 2.49. The van der Waals surface area contributed by atoms with E-state index >= 15 is 0 Å². The lowest BCUT2D eigenvalue weighted by molar-refractivity contribution is -0.107. The molecule has 1 aromatic rings. The van der Waals surface area contributed by atoms with Crippen molar-refractivity contribution in [1.29, 1.82) is 0 Å². The zero-order valence-corrected chi connectivity index (χ0v) is 9.70. The van der Waals surface area contributed by atoms with E-state index in [9.17, 15) is 4.79 Å². The molecule has 0 spiro atoms. The third kappa shape index (κ3) is 3.56. The second kappa shape index (κ2) is 6.46. The number of halogens is 1. The molecular weight excluding hydrogens is 210 g/mol. The monoisotopic (exact) mass is 225 g/mol. The number of hydrogen-bond acceptors (Lipinski definition) is 2. The smallest absolute Gasteiger partial charge is 0.124 e. The molecule has 0 aliphatic heterocycles. The number of alkyl halides is 1. The molecule has 0 aliphatic carbocycles. The number of benzene rings is 1. The largest absolute Gasteiger partial charge is 0.371 e. The lowest BCUT2D eigenvalue weighted by Crippen LogP contribution is -2.24. The number of carbonyl (C=O) groups is 1. The van der Waals surface area contributed by atoms with E-state index in [1.807, 2.05) is 24.3 Å². The molecule has 0 atom stereocenters. The van der Waals surface area contributed by atoms with Crippen LogP contribution < -0.4 is 4.90 Å². The van der Waals surface area contributed by atoms with Crippen molar-refractivity contribution in [1.82, 2.24) is 0 Å². The van der Waals surface area contributed by atoms with Crippen LogP contribution in [0.5, 0.6) is 0 Å². The van der Waals surface area contributed by atoms with Crippen LogP contribution >= 0.6 is 11.6 Å². The Morgan fingerprint density at radius 1 is 1.33 bits per heavy atom. The van der Waals surface area contributed by atoms with Gasteiger partial charge in [0, 0.05) is 31.1 Å². The Morgan fingerprint density at radius 3 is 2.47 bits per heavy atom. The first kappa shape index (κ1) is 12.1. The number of hydrogen-bond donors (Lipinski definition) is 0. The van der Waals surface area contributed by atoms with Crippen LogP contribution in [-0.2, 0) is 11.2 Å². The van der Waals surface area contributed by atoms with Gasteiger partial charge in [-0.15, -0.1) is 11.6 Å². The standard InChI is InChI=1S/C12H16ClNO/c1-2-14(9-8-13)12-5-3-11(4-6-12)7-10-15/h3-6,10H,2,7-9H2,1H3. The van der Waals surface area contributed by atoms with E-state index in [4.69, 9.17) is 11.6 Å². The fourth-order valence-electron chi connectivity index (χ4n) is 1.51. The molecule has 0 unspecified atom stereocenters. The molecule has 1 rings (SSSR count). The van der Waals surface area contributed by atoms with Gasteiger partial charge in [-0.05, 0) is 24.6 Å². The Morgan fingerprint density at radius 2 is 2.00 bits per heavy atom. The number of carbonyl (C=O) groups excluding carboxylic acids is 1. The third-order valence-corrected chi connectivity index (χ3v) is 2.53. The first-order chi connectivity index (χ1) is 7.31. The molecule has 15 heavy (non-hydrogen) atoms. The van der Waals surface area contributed by atoms with Gasteiger partial charge in [-0.3, -0.25) is 0 Å². The molecule has 0 heterocycles. The third-order valence-electron chi connectivity index (χ3n) is 2.36. The summed E-state index contributed by atoms with van der Waals surface area (Å²) in [5.74, 6) is 0.629. The molecule has 0 aromatic heterocycles. The molecule has 82 valence electrons. The van der Waals surface area contributed by atoms with Crippen LogP contribution in [0, 0.1) is 0 Å². The summed E-state index contributed by atoms with van der Waals surface area (Å²) in [5.41, 5.74) is 2.21. The van der Waals surface area contributed by atoms with E-state index in [-0.39, 0.29) is 0 Å². The Labute approximate surface area is 95.8 Å². The highest BCUT2D eigenvalue weighted by Crippen LogP contribution is 2.15. The van der Waals surface area contributed by atoms with E-state index in [1.54, 1.807) is 0 Å². The Kier molecular flexibility index (Phi) is 5.19. The van der Waals surface area contributed by atoms with Crippen LogP contribution in [0.2, 0.25) is 0 Å². The molecule has 0 bridgehead atoms. The van der Waals surface area contributed by atoms with Gasteiger partial charge in [0.25, 0.3) is 0 Å². The van der Waals surface area contributed by atoms with Gasteiger partial charge >= 0.3 is 0 Å². The van der Waals surface area contributed by atoms with Crippen molar-refractivity contribution >= 4 is 23.6 Å². The molecule has 0 N–H and O–H groups in total. The van der Waals surface area contributed by atoms with Gasteiger partial charge in [0.2, 0.25) is 0 Å². The van der Waals surface area contributed by atoms with Crippen LogP contribution in [-0.4, -0.2) is 25.3 Å². The summed E-state index contributed by atoms with van der Waals surface area (Å²) in [6.07, 6.45) is 1.41. The van der Waals surface area contributed by atoms with E-state index in [1.165, 1.54) is 0 Å². The molecule has 0 aliphatic rings. The predicted molar refractivity (Wildman–Crippen MR) is 64.8 cm³/mol. The maximum absolute atomic E-state index is 10.3. The first-order valence-electron chi connectivity index (χ1n) is 5.15. The fraction of sp³-hybridized carbons (Fsp3) is 0.417. The Bertz CT molecular complexity index is 297. The van der Waals surface area contributed by atoms with Crippen molar-refractivity contribution in [3.63, 3.8) is 0 Å². The van der Waals surface area contributed by atoms with Crippen LogP contribution in [0.25, 0.3) is 0 Å². The lowest BCUT2D eigenvalue weighted by Gasteiger charge is -2.21. The normalized spacial score (nSPS) is 10.0. The van der Waals surface area contributed by atoms with Gasteiger partial charge in [-0.2, -0.15) is 0 Å². The Balaban J connectivity index is 2.72. The van der Waals surface area contributed by atoms with Crippen LogP contribution in [0.3, 0.4) is 0 Å². The van der Waals surface area contributed by atoms with Crippen molar-refractivity contribution in [3.8, 4) is 0 Å². The van der Waals surface area contributed by atoms with Gasteiger partial charge in [-0.1, -0.05) is 12.1 Å². The average molecular weight is 226 g/mol. The topological polar surface area (TPSA) is 20.3 Å². The quantitative estimate of drug-likeness (QED) is 0.548. The van der Waals surface area contributed by atoms with Crippen LogP contribution in [0.1, 0.15) is 12.5 Å². The van der Waals surface area contributed by atoms with E-state index in [2.05, 4.69) is 11.8 Å². The second-order valence-electron chi connectivity index (χ2n) is 3.31. The van der Waals surface area contributed by atoms with E-state index in [0.717, 1.165) is 30.6 Å². The molecule has 2 nitrogen and oxygen atoms in total. The summed E-state index contributed by atoms with van der Waals surface area (Å²) >= 11 is 5.72. The minimum absolute atomic E-state index is 0.488. The number of nitrogens with zero attached hydrogens (tertiary/aromatic N) is 1. The van der Waals surface area contributed by atoms with Gasteiger partial charge in [0.1, 0.15) is 6.29 Å². The van der Waals surface area contributed by atoms with Crippen molar-refractivity contribution < 1.29 is 4.79 Å². The second-order valence-corrected chi connectivity index (χ2v) is 3.68. The van der Waals surface area contributed by atoms with E-state index in [0.29, 0.717) is 12.3 Å². The summed E-state index contributed by atoms with van der Waals surface area (Å²) < 4.78 is 0. The summed E-state index contributed by atoms with van der Waals surface area (Å²) in [7, 11) is 0. The molecular formula is C12H16ClNO. The highest BCUT2D eigenvalue weighted by atomic mass is 35.5. The first-order valence-corrected chi connectivity index (χ1v) is 5.68. The minimum Gasteiger partial charge on any atom is -0.371 e. The van der Waals surface area contributed by atoms with Crippen LogP contribution in [0.4, 0.5) is 5.69 Å². The zero-order chi connectivity index (χ0) is 11.1. The fourth-order valence-corrected chi connectivity index (χ4v) is 1.71. The van der Waals surface area contributed by atoms with E-state index < -0.39 is 0 Å². The average Bonchev–Trinajstić information content (AvgIpc) is 2.28.